The highest BCUT2D eigenvalue weighted by Crippen LogP contribution is 2.74. The van der Waals surface area contributed by atoms with Crippen LogP contribution >= 0.6 is 152 Å². The number of fused-ring (bicyclic) bond motifs is 6. The fourth-order valence-electron chi connectivity index (χ4n) is 8.70. The molecule has 0 saturated heterocycles. The van der Waals surface area contributed by atoms with Crippen LogP contribution in [-0.4, -0.2) is 94.9 Å². The van der Waals surface area contributed by atoms with E-state index in [1.807, 2.05) is 0 Å². The third-order valence-corrected chi connectivity index (χ3v) is 30.6. The molecule has 0 spiro atoms. The van der Waals surface area contributed by atoms with E-state index in [4.69, 9.17) is 23.7 Å². The van der Waals surface area contributed by atoms with Gasteiger partial charge in [0.25, 0.3) is 0 Å². The molecule has 3 aromatic carbocycles. The lowest BCUT2D eigenvalue weighted by Crippen LogP contribution is -2.19. The van der Waals surface area contributed by atoms with Crippen LogP contribution in [0.1, 0.15) is 145 Å². The molecule has 0 N–H and O–H groups in total. The van der Waals surface area contributed by atoms with Crippen molar-refractivity contribution in [1.29, 1.82) is 0 Å². The average molecular weight is 1280 g/mol. The Morgan fingerprint density at radius 1 is 0.373 bits per heavy atom. The quantitative estimate of drug-likeness (QED) is 0.0373. The number of ether oxygens (including phenoxy) is 5. The fraction of sp³-hybridized carbons (Fsp3) is 0.510. The van der Waals surface area contributed by atoms with Gasteiger partial charge in [-0.3, -0.25) is 9.59 Å². The number of thioether (sulfide) groups is 12. The zero-order valence-electron chi connectivity index (χ0n) is 43.4. The topological polar surface area (TPSA) is 166 Å². The standard InChI is InChI=1S/C49H53O12S14/c1-20(50)58-18-60-42(53)27-37-31(65-46(7,8)71-37)24(32-38(27)72-47(9,10)66-32)22(25-33-39(73-48(11,12)67-33)28(43(54)61-19-59-21(2)51)40-34(25)68-49(13,14)74-40)23-29-35(69-44(3,4)63-29)26(36-30(23)64-45(5,6)70-36)41(52)57-16-17-62-75(15,55)56/h16-19H2,1-15H3. The van der Waals surface area contributed by atoms with Crippen LogP contribution in [0.5, 0.6) is 0 Å². The van der Waals surface area contributed by atoms with E-state index in [0.29, 0.717) is 16.7 Å². The molecule has 0 aromatic heterocycles. The Morgan fingerprint density at radius 2 is 0.587 bits per heavy atom. The zero-order valence-corrected chi connectivity index (χ0v) is 54.9. The number of carbonyl (C=O) groups is 5. The number of rotatable bonds is 14. The van der Waals surface area contributed by atoms with Gasteiger partial charge in [0.05, 0.1) is 47.1 Å². The van der Waals surface area contributed by atoms with Crippen LogP contribution in [0.4, 0.5) is 0 Å². The van der Waals surface area contributed by atoms with Gasteiger partial charge in [-0.1, -0.05) is 0 Å². The summed E-state index contributed by atoms with van der Waals surface area (Å²) in [6, 6.07) is 0. The lowest BCUT2D eigenvalue weighted by molar-refractivity contribution is -0.150. The van der Waals surface area contributed by atoms with Crippen LogP contribution in [0.15, 0.2) is 58.7 Å². The molecule has 0 saturated carbocycles. The third kappa shape index (κ3) is 12.2. The molecule has 0 fully saturated rings. The number of hydrogen-bond acceptors (Lipinski definition) is 25. The lowest BCUT2D eigenvalue weighted by atomic mass is 9.83. The van der Waals surface area contributed by atoms with E-state index >= 15 is 0 Å². The molecule has 75 heavy (non-hydrogen) atoms. The van der Waals surface area contributed by atoms with Crippen LogP contribution in [-0.2, 0) is 42.1 Å². The molecule has 405 valence electrons. The summed E-state index contributed by atoms with van der Waals surface area (Å²) in [5.74, 6) is -1.88. The molecule has 12 nitrogen and oxygen atoms in total. The van der Waals surface area contributed by atoms with Crippen LogP contribution in [0.2, 0.25) is 0 Å². The molecule has 6 heterocycles. The molecule has 0 atom stereocenters. The molecule has 0 unspecified atom stereocenters. The number of benzene rings is 3. The van der Waals surface area contributed by atoms with Gasteiger partial charge in [-0.2, -0.15) is 0 Å². The highest BCUT2D eigenvalue weighted by Gasteiger charge is 2.54. The minimum atomic E-state index is -3.37. The van der Waals surface area contributed by atoms with Crippen molar-refractivity contribution in [3.8, 4) is 0 Å². The van der Waals surface area contributed by atoms with Gasteiger partial charge in [0, 0.05) is 84.6 Å². The molecule has 26 heteroatoms. The zero-order chi connectivity index (χ0) is 54.9. The SMILES string of the molecule is CC(=O)OCOC(=O)c1c2c(c([C](c3c4c(c(C(=O)OCCSS(C)(=O)=O)c5c3SC(C)(C)S5)SC(C)(C)S4)c3c4c(c(C(=O)OCOC(C)=O)c5c3SC(C)(C)S5)SC(C)(C)S4)c3c1SC(C)(C)S3)SC(C)(C)S2. The Kier molecular flexibility index (Phi) is 16.6. The number of hydrogen-bond donors (Lipinski definition) is 0. The largest absolute Gasteiger partial charge is 0.461 e. The Bertz CT molecular complexity index is 2880. The molecule has 1 radical (unpaired) electrons. The van der Waals surface area contributed by atoms with Crippen LogP contribution in [0.25, 0.3) is 0 Å². The number of esters is 5. The normalized spacial score (nSPS) is 20.2. The average Bonchev–Trinajstić information content (AvgIpc) is 4.06. The first-order chi connectivity index (χ1) is 34.6. The second-order valence-electron chi connectivity index (χ2n) is 20.2. The van der Waals surface area contributed by atoms with Gasteiger partial charge in [0.2, 0.25) is 13.6 Å². The lowest BCUT2D eigenvalue weighted by Gasteiger charge is -2.31. The summed E-state index contributed by atoms with van der Waals surface area (Å²) in [7, 11) is -2.64. The Morgan fingerprint density at radius 3 is 0.800 bits per heavy atom. The van der Waals surface area contributed by atoms with Crippen LogP contribution in [0, 0.1) is 5.92 Å². The first kappa shape index (κ1) is 59.1. The van der Waals surface area contributed by atoms with Crippen molar-refractivity contribution in [2.45, 2.75) is 180 Å². The molecule has 6 aliphatic heterocycles. The predicted octanol–water partition coefficient (Wildman–Crippen LogP) is 15.5. The molecular weight excluding hydrogens is 1230 g/mol. The Hall–Kier alpha value is -0.490. The van der Waals surface area contributed by atoms with Crippen molar-refractivity contribution >= 4 is 191 Å². The molecule has 0 bridgehead atoms. The maximum Gasteiger partial charge on any atom is 0.343 e. The van der Waals surface area contributed by atoms with Crippen LogP contribution in [0.3, 0.4) is 0 Å². The summed E-state index contributed by atoms with van der Waals surface area (Å²) < 4.78 is 49.3. The Labute approximate surface area is 493 Å². The Balaban J connectivity index is 1.43. The van der Waals surface area contributed by atoms with Gasteiger partial charge in [0.1, 0.15) is 6.61 Å². The van der Waals surface area contributed by atoms with Gasteiger partial charge >= 0.3 is 29.8 Å². The minimum Gasteiger partial charge on any atom is -0.461 e. The maximum absolute atomic E-state index is 14.9. The van der Waals surface area contributed by atoms with Gasteiger partial charge in [0.15, 0.2) is 8.87 Å². The van der Waals surface area contributed by atoms with Crippen molar-refractivity contribution in [2.24, 2.45) is 0 Å². The molecular formula is C49H53O12S14. The van der Waals surface area contributed by atoms with E-state index in [9.17, 15) is 32.4 Å². The first-order valence-corrected chi connectivity index (χ1v) is 36.3. The van der Waals surface area contributed by atoms with Crippen molar-refractivity contribution in [1.82, 2.24) is 0 Å². The highest BCUT2D eigenvalue weighted by atomic mass is 33.1. The smallest absolute Gasteiger partial charge is 0.343 e. The van der Waals surface area contributed by atoms with Gasteiger partial charge in [-0.25, -0.2) is 22.8 Å². The summed E-state index contributed by atoms with van der Waals surface area (Å²) in [5, 5.41) is 0. The van der Waals surface area contributed by atoms with Gasteiger partial charge < -0.3 is 23.7 Å². The summed E-state index contributed by atoms with van der Waals surface area (Å²) in [4.78, 5) is 78.0. The van der Waals surface area contributed by atoms with E-state index in [1.165, 1.54) is 13.8 Å². The summed E-state index contributed by atoms with van der Waals surface area (Å²) in [6.07, 6.45) is 1.14. The van der Waals surface area contributed by atoms with E-state index in [-0.39, 0.29) is 12.4 Å². The van der Waals surface area contributed by atoms with Gasteiger partial charge in [-0.05, 0) is 111 Å². The monoisotopic (exact) mass is 1280 g/mol. The second-order valence-corrected chi connectivity index (χ2v) is 46.0. The molecule has 0 aliphatic carbocycles. The summed E-state index contributed by atoms with van der Waals surface area (Å²) >= 11 is 19.7. The minimum absolute atomic E-state index is 0.0782. The fourth-order valence-corrected chi connectivity index (χ4v) is 28.0. The predicted molar refractivity (Wildman–Crippen MR) is 316 cm³/mol. The first-order valence-electron chi connectivity index (χ1n) is 23.1. The van der Waals surface area contributed by atoms with E-state index in [0.717, 1.165) is 98.4 Å². The summed E-state index contributed by atoms with van der Waals surface area (Å²) in [5.41, 5.74) is 4.10. The third-order valence-electron chi connectivity index (χ3n) is 11.0. The van der Waals surface area contributed by atoms with Crippen molar-refractivity contribution in [3.05, 3.63) is 39.3 Å². The molecule has 0 amide bonds. The van der Waals surface area contributed by atoms with E-state index in [1.54, 1.807) is 141 Å². The van der Waals surface area contributed by atoms with Crippen molar-refractivity contribution in [3.63, 3.8) is 0 Å². The maximum atomic E-state index is 14.9. The van der Waals surface area contributed by atoms with E-state index in [2.05, 4.69) is 83.1 Å². The summed E-state index contributed by atoms with van der Waals surface area (Å²) in [6.45, 7) is 27.0. The highest BCUT2D eigenvalue weighted by molar-refractivity contribution is 8.71. The van der Waals surface area contributed by atoms with Crippen molar-refractivity contribution in [2.75, 3.05) is 32.2 Å². The molecule has 3 aromatic rings. The van der Waals surface area contributed by atoms with E-state index < -0.39 is 76.8 Å². The molecule has 6 aliphatic rings. The second kappa shape index (κ2) is 21.0. The number of carbonyl (C=O) groups excluding carboxylic acids is 5. The molecule has 9 rings (SSSR count). The van der Waals surface area contributed by atoms with Crippen molar-refractivity contribution < 1.29 is 56.1 Å². The van der Waals surface area contributed by atoms with Gasteiger partial charge in [-0.15, -0.1) is 141 Å². The van der Waals surface area contributed by atoms with Crippen LogP contribution < -0.4 is 0 Å².